The van der Waals surface area contributed by atoms with Crippen LogP contribution in [0.3, 0.4) is 0 Å². The molecule has 2 rings (SSSR count). The van der Waals surface area contributed by atoms with Gasteiger partial charge < -0.3 is 10.2 Å². The molecular formula is C15H19BrN2O2. The van der Waals surface area contributed by atoms with Crippen molar-refractivity contribution in [2.45, 2.75) is 45.3 Å². The van der Waals surface area contributed by atoms with Gasteiger partial charge in [-0.05, 0) is 38.5 Å². The maximum Gasteiger partial charge on any atom is 0.248 e. The molecule has 1 aliphatic rings. The number of nitrogens with zero attached hydrogens (tertiary/aromatic N) is 1. The van der Waals surface area contributed by atoms with Crippen LogP contribution in [0.1, 0.15) is 32.8 Å². The van der Waals surface area contributed by atoms with Crippen molar-refractivity contribution in [3.05, 3.63) is 34.3 Å². The summed E-state index contributed by atoms with van der Waals surface area (Å²) in [5, 5.41) is 2.79. The van der Waals surface area contributed by atoms with Crippen molar-refractivity contribution < 1.29 is 9.59 Å². The summed E-state index contributed by atoms with van der Waals surface area (Å²) >= 11 is 3.43. The molecule has 0 aromatic heterocycles. The molecule has 1 saturated heterocycles. The Morgan fingerprint density at radius 3 is 2.75 bits per heavy atom. The van der Waals surface area contributed by atoms with E-state index < -0.39 is 5.54 Å². The van der Waals surface area contributed by atoms with E-state index in [0.29, 0.717) is 13.0 Å². The van der Waals surface area contributed by atoms with Gasteiger partial charge in [-0.15, -0.1) is 0 Å². The van der Waals surface area contributed by atoms with Crippen molar-refractivity contribution in [1.29, 1.82) is 0 Å². The molecule has 108 valence electrons. The molecule has 0 saturated carbocycles. The van der Waals surface area contributed by atoms with E-state index in [1.165, 1.54) is 0 Å². The van der Waals surface area contributed by atoms with Crippen LogP contribution < -0.4 is 5.32 Å². The van der Waals surface area contributed by atoms with Gasteiger partial charge in [-0.3, -0.25) is 9.59 Å². The van der Waals surface area contributed by atoms with Crippen LogP contribution in [0.4, 0.5) is 0 Å². The standard InChI is InChI=1S/C15H19BrN2O2/c1-10-7-13(19)17-15(2,3)14(20)18(10)9-11-5-4-6-12(16)8-11/h4-6,8,10H,7,9H2,1-3H3,(H,17,19). The normalized spacial score (nSPS) is 22.4. The van der Waals surface area contributed by atoms with Crippen molar-refractivity contribution in [2.24, 2.45) is 0 Å². The van der Waals surface area contributed by atoms with Crippen LogP contribution >= 0.6 is 15.9 Å². The molecule has 1 atom stereocenters. The summed E-state index contributed by atoms with van der Waals surface area (Å²) in [6, 6.07) is 7.77. The van der Waals surface area contributed by atoms with Crippen molar-refractivity contribution in [3.8, 4) is 0 Å². The second-order valence-corrected chi connectivity index (χ2v) is 6.70. The molecule has 1 aromatic carbocycles. The SMILES string of the molecule is CC1CC(=O)NC(C)(C)C(=O)N1Cc1cccc(Br)c1. The molecule has 0 spiro atoms. The summed E-state index contributed by atoms with van der Waals surface area (Å²) in [7, 11) is 0. The predicted octanol–water partition coefficient (Wildman–Crippen LogP) is 2.46. The van der Waals surface area contributed by atoms with Crippen LogP contribution in [0.25, 0.3) is 0 Å². The fourth-order valence-corrected chi connectivity index (χ4v) is 2.90. The number of hydrogen-bond donors (Lipinski definition) is 1. The Hall–Kier alpha value is -1.36. The number of rotatable bonds is 2. The number of halogens is 1. The fourth-order valence-electron chi connectivity index (χ4n) is 2.45. The third-order valence-electron chi connectivity index (χ3n) is 3.50. The minimum absolute atomic E-state index is 0.0455. The van der Waals surface area contributed by atoms with Crippen LogP contribution in [0.15, 0.2) is 28.7 Å². The van der Waals surface area contributed by atoms with E-state index in [1.54, 1.807) is 18.7 Å². The Morgan fingerprint density at radius 2 is 2.10 bits per heavy atom. The number of benzene rings is 1. The number of nitrogens with one attached hydrogen (secondary N) is 1. The fraction of sp³-hybridized carbons (Fsp3) is 0.467. The molecule has 0 aliphatic carbocycles. The van der Waals surface area contributed by atoms with Crippen molar-refractivity contribution in [1.82, 2.24) is 10.2 Å². The zero-order valence-corrected chi connectivity index (χ0v) is 13.5. The first-order chi connectivity index (χ1) is 9.29. The lowest BCUT2D eigenvalue weighted by Crippen LogP contribution is -2.53. The van der Waals surface area contributed by atoms with E-state index in [9.17, 15) is 9.59 Å². The van der Waals surface area contributed by atoms with Crippen LogP contribution in [-0.2, 0) is 16.1 Å². The molecule has 1 heterocycles. The summed E-state index contributed by atoms with van der Waals surface area (Å²) in [6.07, 6.45) is 0.336. The van der Waals surface area contributed by atoms with E-state index in [4.69, 9.17) is 0 Å². The van der Waals surface area contributed by atoms with Gasteiger partial charge in [0.2, 0.25) is 11.8 Å². The number of amides is 2. The average molecular weight is 339 g/mol. The van der Waals surface area contributed by atoms with E-state index >= 15 is 0 Å². The van der Waals surface area contributed by atoms with Crippen LogP contribution in [0.5, 0.6) is 0 Å². The van der Waals surface area contributed by atoms with E-state index in [-0.39, 0.29) is 17.9 Å². The molecule has 1 aliphatic heterocycles. The van der Waals surface area contributed by atoms with Gasteiger partial charge in [-0.1, -0.05) is 28.1 Å². The molecule has 1 fully saturated rings. The molecule has 1 N–H and O–H groups in total. The topological polar surface area (TPSA) is 49.4 Å². The van der Waals surface area contributed by atoms with Crippen LogP contribution in [-0.4, -0.2) is 28.3 Å². The average Bonchev–Trinajstić information content (AvgIpc) is 2.39. The lowest BCUT2D eigenvalue weighted by Gasteiger charge is -2.32. The van der Waals surface area contributed by atoms with E-state index in [0.717, 1.165) is 10.0 Å². The first-order valence-corrected chi connectivity index (χ1v) is 7.45. The minimum atomic E-state index is -0.853. The highest BCUT2D eigenvalue weighted by Crippen LogP contribution is 2.21. The van der Waals surface area contributed by atoms with Gasteiger partial charge >= 0.3 is 0 Å². The first kappa shape index (κ1) is 15.0. The van der Waals surface area contributed by atoms with Crippen molar-refractivity contribution in [2.75, 3.05) is 0 Å². The third-order valence-corrected chi connectivity index (χ3v) is 4.00. The van der Waals surface area contributed by atoms with Crippen molar-refractivity contribution >= 4 is 27.7 Å². The van der Waals surface area contributed by atoms with Gasteiger partial charge in [0.15, 0.2) is 0 Å². The monoisotopic (exact) mass is 338 g/mol. The molecule has 0 bridgehead atoms. The Kier molecular flexibility index (Phi) is 4.18. The summed E-state index contributed by atoms with van der Waals surface area (Å²) in [6.45, 7) is 5.92. The zero-order valence-electron chi connectivity index (χ0n) is 11.9. The third kappa shape index (κ3) is 3.20. The van der Waals surface area contributed by atoms with Gasteiger partial charge in [-0.2, -0.15) is 0 Å². The van der Waals surface area contributed by atoms with Gasteiger partial charge in [0.1, 0.15) is 5.54 Å². The van der Waals surface area contributed by atoms with Gasteiger partial charge in [0.25, 0.3) is 0 Å². The molecule has 1 unspecified atom stereocenters. The second-order valence-electron chi connectivity index (χ2n) is 5.79. The molecular weight excluding hydrogens is 320 g/mol. The van der Waals surface area contributed by atoms with Crippen molar-refractivity contribution in [3.63, 3.8) is 0 Å². The second kappa shape index (κ2) is 5.56. The van der Waals surface area contributed by atoms with Gasteiger partial charge in [-0.25, -0.2) is 0 Å². The first-order valence-electron chi connectivity index (χ1n) is 6.66. The quantitative estimate of drug-likeness (QED) is 0.900. The smallest absolute Gasteiger partial charge is 0.248 e. The maximum atomic E-state index is 12.6. The Bertz CT molecular complexity index is 542. The van der Waals surface area contributed by atoms with Crippen LogP contribution in [0.2, 0.25) is 0 Å². The molecule has 5 heteroatoms. The summed E-state index contributed by atoms with van der Waals surface area (Å²) in [5.41, 5.74) is 0.193. The highest BCUT2D eigenvalue weighted by atomic mass is 79.9. The largest absolute Gasteiger partial charge is 0.342 e. The molecule has 2 amide bonds. The Balaban J connectivity index is 2.28. The molecule has 1 aromatic rings. The molecule has 0 radical (unpaired) electrons. The van der Waals surface area contributed by atoms with Gasteiger partial charge in [0.05, 0.1) is 0 Å². The number of carbonyl (C=O) groups is 2. The van der Waals surface area contributed by atoms with Gasteiger partial charge in [0, 0.05) is 23.5 Å². The molecule has 20 heavy (non-hydrogen) atoms. The molecule has 4 nitrogen and oxygen atoms in total. The van der Waals surface area contributed by atoms with E-state index in [2.05, 4.69) is 21.2 Å². The number of carbonyl (C=O) groups excluding carboxylic acids is 2. The minimum Gasteiger partial charge on any atom is -0.342 e. The maximum absolute atomic E-state index is 12.6. The highest BCUT2D eigenvalue weighted by molar-refractivity contribution is 9.10. The zero-order chi connectivity index (χ0) is 14.9. The highest BCUT2D eigenvalue weighted by Gasteiger charge is 2.39. The van der Waals surface area contributed by atoms with Crippen LogP contribution in [0, 0.1) is 0 Å². The lowest BCUT2D eigenvalue weighted by atomic mass is 10.0. The predicted molar refractivity (Wildman–Crippen MR) is 81.0 cm³/mol. The van der Waals surface area contributed by atoms with E-state index in [1.807, 2.05) is 31.2 Å². The Morgan fingerprint density at radius 1 is 1.40 bits per heavy atom. The lowest BCUT2D eigenvalue weighted by molar-refractivity contribution is -0.139. The number of hydrogen-bond acceptors (Lipinski definition) is 2. The summed E-state index contributed by atoms with van der Waals surface area (Å²) in [5.74, 6) is -0.122. The summed E-state index contributed by atoms with van der Waals surface area (Å²) in [4.78, 5) is 26.2. The summed E-state index contributed by atoms with van der Waals surface area (Å²) < 4.78 is 0.985. The Labute approximate surface area is 127 Å².